The lowest BCUT2D eigenvalue weighted by Crippen LogP contribution is -1.98. The van der Waals surface area contributed by atoms with E-state index in [4.69, 9.17) is 34.8 Å². The molecule has 0 amide bonds. The molecule has 0 aliphatic carbocycles. The Balaban J connectivity index is 2.23. The van der Waals surface area contributed by atoms with Crippen LogP contribution in [0, 0.1) is 0 Å². The molecule has 0 saturated carbocycles. The second kappa shape index (κ2) is 5.72. The van der Waals surface area contributed by atoms with Gasteiger partial charge in [0.25, 0.3) is 0 Å². The maximum atomic E-state index is 6.36. The number of aromatic nitrogens is 1. The summed E-state index contributed by atoms with van der Waals surface area (Å²) in [7, 11) is 0. The molecule has 0 spiro atoms. The minimum absolute atomic E-state index is 0.237. The van der Waals surface area contributed by atoms with Gasteiger partial charge in [0.05, 0.1) is 5.38 Å². The number of pyridine rings is 1. The molecule has 1 nitrogen and oxygen atoms in total. The van der Waals surface area contributed by atoms with E-state index in [9.17, 15) is 0 Å². The molecule has 0 aliphatic rings. The van der Waals surface area contributed by atoms with E-state index in [0.717, 1.165) is 11.1 Å². The smallest absolute Gasteiger partial charge is 0.0654 e. The number of hydrogen-bond donors (Lipinski definition) is 0. The topological polar surface area (TPSA) is 12.9 Å². The summed E-state index contributed by atoms with van der Waals surface area (Å²) >= 11 is 18.6. The SMILES string of the molecule is Clc1cccc(Cl)c1C(Cl)Cc1ccncc1. The number of benzene rings is 1. The summed E-state index contributed by atoms with van der Waals surface area (Å²) < 4.78 is 0. The molecule has 2 rings (SSSR count). The number of alkyl halides is 1. The minimum Gasteiger partial charge on any atom is -0.265 e. The molecular formula is C13H10Cl3N. The van der Waals surface area contributed by atoms with Gasteiger partial charge in [0.2, 0.25) is 0 Å². The van der Waals surface area contributed by atoms with E-state index in [0.29, 0.717) is 16.5 Å². The molecule has 0 fully saturated rings. The van der Waals surface area contributed by atoms with Crippen molar-refractivity contribution < 1.29 is 0 Å². The third-order valence-electron chi connectivity index (χ3n) is 2.48. The van der Waals surface area contributed by atoms with E-state index in [2.05, 4.69) is 4.98 Å². The van der Waals surface area contributed by atoms with Gasteiger partial charge in [-0.2, -0.15) is 0 Å². The third kappa shape index (κ3) is 3.12. The quantitative estimate of drug-likeness (QED) is 0.731. The van der Waals surface area contributed by atoms with Gasteiger partial charge in [-0.05, 0) is 36.2 Å². The molecule has 88 valence electrons. The Hall–Kier alpha value is -0.760. The number of rotatable bonds is 3. The molecule has 4 heteroatoms. The second-order valence-corrected chi connectivity index (χ2v) is 5.00. The van der Waals surface area contributed by atoms with Crippen LogP contribution in [-0.4, -0.2) is 4.98 Å². The van der Waals surface area contributed by atoms with Crippen molar-refractivity contribution in [3.05, 3.63) is 63.9 Å². The maximum Gasteiger partial charge on any atom is 0.0654 e. The molecule has 17 heavy (non-hydrogen) atoms. The third-order valence-corrected chi connectivity index (χ3v) is 3.51. The Bertz CT molecular complexity index is 479. The molecule has 0 bridgehead atoms. The summed E-state index contributed by atoms with van der Waals surface area (Å²) in [6.45, 7) is 0. The van der Waals surface area contributed by atoms with E-state index in [-0.39, 0.29) is 5.38 Å². The van der Waals surface area contributed by atoms with Crippen molar-refractivity contribution in [2.24, 2.45) is 0 Å². The minimum atomic E-state index is -0.237. The van der Waals surface area contributed by atoms with Crippen molar-refractivity contribution in [3.8, 4) is 0 Å². The van der Waals surface area contributed by atoms with Crippen LogP contribution in [0.5, 0.6) is 0 Å². The van der Waals surface area contributed by atoms with Crippen LogP contribution in [0.25, 0.3) is 0 Å². The summed E-state index contributed by atoms with van der Waals surface area (Å²) in [5.41, 5.74) is 1.89. The van der Waals surface area contributed by atoms with Gasteiger partial charge in [0.1, 0.15) is 0 Å². The average Bonchev–Trinajstić information content (AvgIpc) is 2.30. The van der Waals surface area contributed by atoms with Gasteiger partial charge < -0.3 is 0 Å². The highest BCUT2D eigenvalue weighted by molar-refractivity contribution is 6.37. The van der Waals surface area contributed by atoms with Gasteiger partial charge in [-0.1, -0.05) is 29.3 Å². The second-order valence-electron chi connectivity index (χ2n) is 3.66. The van der Waals surface area contributed by atoms with Gasteiger partial charge in [0.15, 0.2) is 0 Å². The predicted octanol–water partition coefficient (Wildman–Crippen LogP) is 4.91. The zero-order valence-corrected chi connectivity index (χ0v) is 11.2. The van der Waals surface area contributed by atoms with E-state index < -0.39 is 0 Å². The highest BCUT2D eigenvalue weighted by Gasteiger charge is 2.15. The molecular weight excluding hydrogens is 277 g/mol. The molecule has 1 heterocycles. The molecule has 1 aromatic carbocycles. The van der Waals surface area contributed by atoms with Crippen molar-refractivity contribution >= 4 is 34.8 Å². The fourth-order valence-corrected chi connectivity index (χ4v) is 2.82. The lowest BCUT2D eigenvalue weighted by atomic mass is 10.0. The average molecular weight is 287 g/mol. The Morgan fingerprint density at radius 1 is 1.00 bits per heavy atom. The zero-order valence-electron chi connectivity index (χ0n) is 8.91. The van der Waals surface area contributed by atoms with E-state index in [1.54, 1.807) is 24.5 Å². The highest BCUT2D eigenvalue weighted by Crippen LogP contribution is 2.35. The van der Waals surface area contributed by atoms with Crippen LogP contribution in [0.4, 0.5) is 0 Å². The zero-order chi connectivity index (χ0) is 12.3. The fourth-order valence-electron chi connectivity index (χ4n) is 1.64. The molecule has 1 atom stereocenters. The molecule has 0 aliphatic heterocycles. The van der Waals surface area contributed by atoms with Gasteiger partial charge in [-0.25, -0.2) is 0 Å². The Kier molecular flexibility index (Phi) is 4.27. The standard InChI is InChI=1S/C13H10Cl3N/c14-10-2-1-3-11(15)13(10)12(16)8-9-4-6-17-7-5-9/h1-7,12H,8H2. The van der Waals surface area contributed by atoms with Crippen LogP contribution >= 0.6 is 34.8 Å². The van der Waals surface area contributed by atoms with Gasteiger partial charge in [-0.15, -0.1) is 11.6 Å². The lowest BCUT2D eigenvalue weighted by Gasteiger charge is -2.13. The first-order valence-electron chi connectivity index (χ1n) is 5.15. The first-order chi connectivity index (χ1) is 8.18. The van der Waals surface area contributed by atoms with Crippen LogP contribution in [0.1, 0.15) is 16.5 Å². The maximum absolute atomic E-state index is 6.36. The largest absolute Gasteiger partial charge is 0.265 e. The Morgan fingerprint density at radius 3 is 2.18 bits per heavy atom. The molecule has 1 unspecified atom stereocenters. The van der Waals surface area contributed by atoms with E-state index in [1.165, 1.54) is 0 Å². The summed E-state index contributed by atoms with van der Waals surface area (Å²) in [6.07, 6.45) is 4.16. The fraction of sp³-hybridized carbons (Fsp3) is 0.154. The first kappa shape index (κ1) is 12.7. The van der Waals surface area contributed by atoms with Crippen molar-refractivity contribution in [2.45, 2.75) is 11.8 Å². The number of halogens is 3. The van der Waals surface area contributed by atoms with Crippen molar-refractivity contribution in [1.82, 2.24) is 4.98 Å². The Morgan fingerprint density at radius 2 is 1.59 bits per heavy atom. The summed E-state index contributed by atoms with van der Waals surface area (Å²) in [4.78, 5) is 3.97. The summed E-state index contributed by atoms with van der Waals surface area (Å²) in [6, 6.07) is 9.26. The summed E-state index contributed by atoms with van der Waals surface area (Å²) in [5, 5.41) is 0.969. The normalized spacial score (nSPS) is 12.4. The molecule has 0 saturated heterocycles. The molecule has 2 aromatic rings. The van der Waals surface area contributed by atoms with Gasteiger partial charge in [0, 0.05) is 28.0 Å². The van der Waals surface area contributed by atoms with Gasteiger partial charge in [-0.3, -0.25) is 4.98 Å². The van der Waals surface area contributed by atoms with Crippen LogP contribution in [0.3, 0.4) is 0 Å². The van der Waals surface area contributed by atoms with E-state index >= 15 is 0 Å². The van der Waals surface area contributed by atoms with Crippen molar-refractivity contribution in [2.75, 3.05) is 0 Å². The predicted molar refractivity (Wildman–Crippen MR) is 73.0 cm³/mol. The molecule has 0 radical (unpaired) electrons. The lowest BCUT2D eigenvalue weighted by molar-refractivity contribution is 0.917. The van der Waals surface area contributed by atoms with E-state index in [1.807, 2.05) is 18.2 Å². The monoisotopic (exact) mass is 285 g/mol. The van der Waals surface area contributed by atoms with Crippen LogP contribution in [0.2, 0.25) is 10.0 Å². The Labute approximate surface area is 115 Å². The van der Waals surface area contributed by atoms with Gasteiger partial charge >= 0.3 is 0 Å². The first-order valence-corrected chi connectivity index (χ1v) is 6.34. The molecule has 0 N–H and O–H groups in total. The van der Waals surface area contributed by atoms with Crippen LogP contribution in [0.15, 0.2) is 42.7 Å². The van der Waals surface area contributed by atoms with Crippen molar-refractivity contribution in [1.29, 1.82) is 0 Å². The number of hydrogen-bond acceptors (Lipinski definition) is 1. The van der Waals surface area contributed by atoms with Crippen LogP contribution in [-0.2, 0) is 6.42 Å². The summed E-state index contributed by atoms with van der Waals surface area (Å²) in [5.74, 6) is 0. The van der Waals surface area contributed by atoms with Crippen LogP contribution < -0.4 is 0 Å². The number of nitrogens with zero attached hydrogens (tertiary/aromatic N) is 1. The van der Waals surface area contributed by atoms with Crippen molar-refractivity contribution in [3.63, 3.8) is 0 Å². The highest BCUT2D eigenvalue weighted by atomic mass is 35.5. The molecule has 1 aromatic heterocycles.